The highest BCUT2D eigenvalue weighted by Gasteiger charge is 2.44. The Bertz CT molecular complexity index is 692. The van der Waals surface area contributed by atoms with Crippen LogP contribution in [0.2, 0.25) is 18.1 Å². The first kappa shape index (κ1) is 23.1. The molecule has 1 fully saturated rings. The Labute approximate surface area is 177 Å². The largest absolute Gasteiger partial charge is 0.591 e. The minimum atomic E-state index is -1.78. The Kier molecular flexibility index (Phi) is 7.06. The lowest BCUT2D eigenvalue weighted by molar-refractivity contribution is 0.0800. The SMILES string of the molecule is CC(C)(C)[S@@+]([O-])N=C(c1cccc(Br)n1)[C@H]1C[C@@H](O[Si](C)(C)C(C)(C)C)C1. The molecule has 0 amide bonds. The van der Waals surface area contributed by atoms with Crippen molar-refractivity contribution in [2.45, 2.75) is 83.4 Å². The van der Waals surface area contributed by atoms with Crippen molar-refractivity contribution in [1.29, 1.82) is 0 Å². The molecule has 0 spiro atoms. The second-order valence-corrected chi connectivity index (χ2v) is 17.3. The van der Waals surface area contributed by atoms with Crippen LogP contribution in [0.25, 0.3) is 0 Å². The molecule has 2 rings (SSSR count). The number of nitrogens with zero attached hydrogens (tertiary/aromatic N) is 2. The van der Waals surface area contributed by atoms with Gasteiger partial charge in [0.25, 0.3) is 0 Å². The van der Waals surface area contributed by atoms with Crippen LogP contribution in [0, 0.1) is 5.92 Å². The quantitative estimate of drug-likeness (QED) is 0.232. The molecule has 0 aromatic carbocycles. The monoisotopic (exact) mass is 472 g/mol. The third kappa shape index (κ3) is 5.89. The molecule has 1 aliphatic carbocycles. The highest BCUT2D eigenvalue weighted by molar-refractivity contribution is 9.10. The highest BCUT2D eigenvalue weighted by Crippen LogP contribution is 2.42. The standard InChI is InChI=1S/C20H33BrN2O2SSi/c1-19(2,3)26(24)23-18(16-10-9-11-17(21)22-16)14-12-15(13-14)25-27(7,8)20(4,5)6/h9-11,14-15H,12-13H2,1-8H3/t14-,15+,26-/m1/s1. The van der Waals surface area contributed by atoms with E-state index >= 15 is 0 Å². The molecule has 1 aliphatic rings. The summed E-state index contributed by atoms with van der Waals surface area (Å²) in [6, 6.07) is 5.79. The molecular weight excluding hydrogens is 440 g/mol. The molecule has 1 aromatic heterocycles. The zero-order valence-electron chi connectivity index (χ0n) is 17.8. The average Bonchev–Trinajstić information content (AvgIpc) is 2.46. The van der Waals surface area contributed by atoms with Crippen LogP contribution in [0.4, 0.5) is 0 Å². The summed E-state index contributed by atoms with van der Waals surface area (Å²) in [7, 11) is -1.78. The molecule has 1 saturated carbocycles. The molecular formula is C20H33BrN2O2SSi. The van der Waals surface area contributed by atoms with Gasteiger partial charge in [-0.2, -0.15) is 0 Å². The maximum Gasteiger partial charge on any atom is 0.192 e. The molecule has 0 N–H and O–H groups in total. The molecule has 27 heavy (non-hydrogen) atoms. The van der Waals surface area contributed by atoms with E-state index in [1.54, 1.807) is 0 Å². The van der Waals surface area contributed by atoms with Crippen LogP contribution in [0.3, 0.4) is 0 Å². The van der Waals surface area contributed by atoms with Gasteiger partial charge in [-0.25, -0.2) is 4.98 Å². The van der Waals surface area contributed by atoms with Gasteiger partial charge in [0.05, 0.1) is 5.69 Å². The number of hydrogen-bond acceptors (Lipinski definition) is 4. The van der Waals surface area contributed by atoms with E-state index in [2.05, 4.69) is 59.2 Å². The zero-order chi connectivity index (χ0) is 20.6. The van der Waals surface area contributed by atoms with Gasteiger partial charge in [0.1, 0.15) is 26.4 Å². The molecule has 0 bridgehead atoms. The number of rotatable bonds is 5. The van der Waals surface area contributed by atoms with E-state index in [1.165, 1.54) is 0 Å². The number of aromatic nitrogens is 1. The predicted octanol–water partition coefficient (Wildman–Crippen LogP) is 5.90. The van der Waals surface area contributed by atoms with Crippen LogP contribution in [-0.4, -0.2) is 34.4 Å². The van der Waals surface area contributed by atoms with E-state index in [-0.39, 0.29) is 17.1 Å². The Morgan fingerprint density at radius 2 is 1.81 bits per heavy atom. The van der Waals surface area contributed by atoms with E-state index < -0.39 is 24.4 Å². The van der Waals surface area contributed by atoms with Crippen LogP contribution in [-0.2, 0) is 15.8 Å². The summed E-state index contributed by atoms with van der Waals surface area (Å²) >= 11 is 2.13. The van der Waals surface area contributed by atoms with Crippen molar-refractivity contribution in [2.75, 3.05) is 0 Å². The average molecular weight is 474 g/mol. The first-order valence-corrected chi connectivity index (χ1v) is 14.3. The van der Waals surface area contributed by atoms with Gasteiger partial charge >= 0.3 is 0 Å². The van der Waals surface area contributed by atoms with Crippen molar-refractivity contribution in [3.63, 3.8) is 0 Å². The molecule has 0 aliphatic heterocycles. The molecule has 0 unspecified atom stereocenters. The van der Waals surface area contributed by atoms with Gasteiger partial charge in [-0.15, -0.1) is 0 Å². The van der Waals surface area contributed by atoms with Gasteiger partial charge in [0.2, 0.25) is 0 Å². The maximum absolute atomic E-state index is 12.7. The summed E-state index contributed by atoms with van der Waals surface area (Å²) in [5.74, 6) is 0.243. The smallest absolute Gasteiger partial charge is 0.192 e. The van der Waals surface area contributed by atoms with Crippen molar-refractivity contribution in [1.82, 2.24) is 4.98 Å². The van der Waals surface area contributed by atoms with E-state index in [1.807, 2.05) is 39.0 Å². The van der Waals surface area contributed by atoms with Gasteiger partial charge in [-0.05, 0) is 79.8 Å². The summed E-state index contributed by atoms with van der Waals surface area (Å²) in [6.07, 6.45) is 2.10. The van der Waals surface area contributed by atoms with Crippen LogP contribution in [0.15, 0.2) is 27.2 Å². The van der Waals surface area contributed by atoms with Crippen LogP contribution in [0.5, 0.6) is 0 Å². The minimum absolute atomic E-state index is 0.203. The van der Waals surface area contributed by atoms with Gasteiger partial charge in [0.15, 0.2) is 8.32 Å². The predicted molar refractivity (Wildman–Crippen MR) is 121 cm³/mol. The number of halogens is 1. The summed E-state index contributed by atoms with van der Waals surface area (Å²) in [4.78, 5) is 4.57. The lowest BCUT2D eigenvalue weighted by Gasteiger charge is -2.44. The lowest BCUT2D eigenvalue weighted by atomic mass is 9.78. The Morgan fingerprint density at radius 1 is 1.22 bits per heavy atom. The maximum atomic E-state index is 12.7. The second-order valence-electron chi connectivity index (χ2n) is 9.85. The Hall–Kier alpha value is -0.213. The summed E-state index contributed by atoms with van der Waals surface area (Å²) < 4.78 is 24.2. The molecule has 0 radical (unpaired) electrons. The fourth-order valence-corrected chi connectivity index (χ4v) is 5.00. The molecule has 7 heteroatoms. The van der Waals surface area contributed by atoms with E-state index in [9.17, 15) is 4.55 Å². The summed E-state index contributed by atoms with van der Waals surface area (Å²) in [5, 5.41) is 0.203. The molecule has 1 heterocycles. The van der Waals surface area contributed by atoms with Crippen LogP contribution < -0.4 is 0 Å². The van der Waals surface area contributed by atoms with Crippen molar-refractivity contribution in [3.8, 4) is 0 Å². The van der Waals surface area contributed by atoms with E-state index in [4.69, 9.17) is 4.43 Å². The van der Waals surface area contributed by atoms with Crippen LogP contribution in [0.1, 0.15) is 60.1 Å². The summed E-state index contributed by atoms with van der Waals surface area (Å²) in [5.41, 5.74) is 1.65. The summed E-state index contributed by atoms with van der Waals surface area (Å²) in [6.45, 7) is 17.2. The molecule has 0 saturated heterocycles. The topological polar surface area (TPSA) is 57.5 Å². The lowest BCUT2D eigenvalue weighted by Crippen LogP contribution is -2.49. The minimum Gasteiger partial charge on any atom is -0.591 e. The first-order valence-electron chi connectivity index (χ1n) is 9.52. The highest BCUT2D eigenvalue weighted by atomic mass is 79.9. The van der Waals surface area contributed by atoms with Crippen molar-refractivity contribution in [3.05, 3.63) is 28.5 Å². The Balaban J connectivity index is 2.19. The number of pyridine rings is 1. The Morgan fingerprint density at radius 3 is 2.30 bits per heavy atom. The van der Waals surface area contributed by atoms with E-state index in [0.717, 1.165) is 28.9 Å². The molecule has 1 aromatic rings. The molecule has 4 nitrogen and oxygen atoms in total. The first-order chi connectivity index (χ1) is 12.2. The fourth-order valence-electron chi connectivity index (χ4n) is 2.59. The third-order valence-corrected chi connectivity index (χ3v) is 11.8. The second kappa shape index (κ2) is 8.26. The van der Waals surface area contributed by atoms with Crippen molar-refractivity contribution in [2.24, 2.45) is 10.3 Å². The van der Waals surface area contributed by atoms with Crippen molar-refractivity contribution >= 4 is 41.3 Å². The van der Waals surface area contributed by atoms with Gasteiger partial charge in [-0.1, -0.05) is 31.2 Å². The number of hydrogen-bond donors (Lipinski definition) is 0. The van der Waals surface area contributed by atoms with Crippen molar-refractivity contribution < 1.29 is 8.98 Å². The van der Waals surface area contributed by atoms with Gasteiger partial charge < -0.3 is 8.98 Å². The molecule has 1 atom stereocenters. The van der Waals surface area contributed by atoms with E-state index in [0.29, 0.717) is 0 Å². The molecule has 152 valence electrons. The van der Waals surface area contributed by atoms with Gasteiger partial charge in [-0.3, -0.25) is 0 Å². The van der Waals surface area contributed by atoms with Crippen LogP contribution >= 0.6 is 15.9 Å². The third-order valence-electron chi connectivity index (χ3n) is 5.43. The zero-order valence-corrected chi connectivity index (χ0v) is 21.2. The normalized spacial score (nSPS) is 23.1. The van der Waals surface area contributed by atoms with Gasteiger partial charge in [0, 0.05) is 12.0 Å². The fraction of sp³-hybridized carbons (Fsp3) is 0.700.